The van der Waals surface area contributed by atoms with Gasteiger partial charge in [-0.3, -0.25) is 15.0 Å². The van der Waals surface area contributed by atoms with Gasteiger partial charge in [-0.15, -0.1) is 0 Å². The van der Waals surface area contributed by atoms with Gasteiger partial charge in [-0.25, -0.2) is 9.79 Å². The lowest BCUT2D eigenvalue weighted by atomic mass is 9.74. The number of fused-ring (bicyclic) bond motifs is 1. The smallest absolute Gasteiger partial charge is 0.331 e. The minimum Gasteiger partial charge on any atom is -0.334 e. The molecule has 7 heteroatoms. The third-order valence-corrected chi connectivity index (χ3v) is 5.65. The van der Waals surface area contributed by atoms with Crippen LogP contribution >= 0.6 is 11.6 Å². The van der Waals surface area contributed by atoms with Gasteiger partial charge in [0, 0.05) is 10.7 Å². The number of imide groups is 1. The number of hydrogen-bond acceptors (Lipinski definition) is 4. The Labute approximate surface area is 165 Å². The number of carbonyl (C=O) groups excluding carboxylic acids is 2. The molecule has 0 atom stereocenters. The predicted molar refractivity (Wildman–Crippen MR) is 108 cm³/mol. The summed E-state index contributed by atoms with van der Waals surface area (Å²) in [5.74, 6) is 0.452. The van der Waals surface area contributed by atoms with E-state index in [9.17, 15) is 9.59 Å². The first kappa shape index (κ1) is 19.7. The lowest BCUT2D eigenvalue weighted by Gasteiger charge is -2.46. The highest BCUT2D eigenvalue weighted by molar-refractivity contribution is 6.30. The quantitative estimate of drug-likeness (QED) is 0.750. The second-order valence-corrected chi connectivity index (χ2v) is 7.69. The Morgan fingerprint density at radius 1 is 1.11 bits per heavy atom. The maximum absolute atomic E-state index is 12.9. The fourth-order valence-corrected chi connectivity index (χ4v) is 3.95. The van der Waals surface area contributed by atoms with E-state index in [-0.39, 0.29) is 11.9 Å². The normalized spacial score (nSPS) is 18.9. The topological polar surface area (TPSA) is 65.0 Å². The van der Waals surface area contributed by atoms with Crippen molar-refractivity contribution in [1.82, 2.24) is 10.2 Å². The van der Waals surface area contributed by atoms with Crippen LogP contribution in [0.1, 0.15) is 52.4 Å². The molecule has 2 heterocycles. The Morgan fingerprint density at radius 2 is 1.74 bits per heavy atom. The molecule has 3 rings (SSSR count). The first-order valence-electron chi connectivity index (χ1n) is 9.70. The number of unbranched alkanes of at least 4 members (excludes halogenated alkanes) is 2. The third kappa shape index (κ3) is 3.81. The van der Waals surface area contributed by atoms with Gasteiger partial charge in [0.05, 0.1) is 0 Å². The van der Waals surface area contributed by atoms with Crippen molar-refractivity contribution in [2.45, 2.75) is 52.4 Å². The standard InChI is InChI=1S/C20H27ClN4O2/c1-3-5-11-20(12-6-4-2)17-22-13-24(16-9-7-15(21)8-10-16)14-25(17)19(27)23-18(20)26/h7-10H,3-6,11-14H2,1-2H3,(H,23,26,27). The molecule has 0 bridgehead atoms. The average Bonchev–Trinajstić information content (AvgIpc) is 2.68. The van der Waals surface area contributed by atoms with Crippen molar-refractivity contribution in [3.05, 3.63) is 29.3 Å². The van der Waals surface area contributed by atoms with Crippen LogP contribution in [0.5, 0.6) is 0 Å². The number of aliphatic imine (C=N–C) groups is 1. The third-order valence-electron chi connectivity index (χ3n) is 5.39. The van der Waals surface area contributed by atoms with Crippen LogP contribution in [0.4, 0.5) is 10.5 Å². The molecule has 1 N–H and O–H groups in total. The molecule has 1 saturated heterocycles. The van der Waals surface area contributed by atoms with Crippen LogP contribution in [0.3, 0.4) is 0 Å². The first-order valence-corrected chi connectivity index (χ1v) is 10.1. The maximum Gasteiger partial charge on any atom is 0.331 e. The van der Waals surface area contributed by atoms with Crippen LogP contribution in [-0.4, -0.2) is 36.0 Å². The fraction of sp³-hybridized carbons (Fsp3) is 0.550. The first-order chi connectivity index (χ1) is 13.0. The summed E-state index contributed by atoms with van der Waals surface area (Å²) in [6, 6.07) is 7.08. The number of amidine groups is 1. The van der Waals surface area contributed by atoms with Crippen LogP contribution in [0.25, 0.3) is 0 Å². The fourth-order valence-electron chi connectivity index (χ4n) is 3.82. The second-order valence-electron chi connectivity index (χ2n) is 7.26. The Morgan fingerprint density at radius 3 is 2.33 bits per heavy atom. The summed E-state index contributed by atoms with van der Waals surface area (Å²) in [4.78, 5) is 33.9. The van der Waals surface area contributed by atoms with Gasteiger partial charge in [0.1, 0.15) is 24.6 Å². The van der Waals surface area contributed by atoms with Gasteiger partial charge in [0.2, 0.25) is 5.91 Å². The summed E-state index contributed by atoms with van der Waals surface area (Å²) in [5, 5.41) is 3.25. The monoisotopic (exact) mass is 390 g/mol. The predicted octanol–water partition coefficient (Wildman–Crippen LogP) is 4.39. The molecule has 3 amide bonds. The molecule has 0 aromatic heterocycles. The number of anilines is 1. The molecule has 1 fully saturated rings. The minimum atomic E-state index is -0.702. The second kappa shape index (κ2) is 8.30. The van der Waals surface area contributed by atoms with E-state index in [2.05, 4.69) is 19.2 Å². The van der Waals surface area contributed by atoms with Gasteiger partial charge in [-0.05, 0) is 37.1 Å². The molecule has 0 unspecified atom stereocenters. The van der Waals surface area contributed by atoms with Crippen molar-refractivity contribution in [2.75, 3.05) is 18.2 Å². The van der Waals surface area contributed by atoms with Crippen molar-refractivity contribution in [3.8, 4) is 0 Å². The molecule has 1 aromatic rings. The van der Waals surface area contributed by atoms with E-state index in [0.29, 0.717) is 24.2 Å². The van der Waals surface area contributed by atoms with Crippen LogP contribution in [0.2, 0.25) is 5.02 Å². The Balaban J connectivity index is 1.94. The largest absolute Gasteiger partial charge is 0.334 e. The highest BCUT2D eigenvalue weighted by atomic mass is 35.5. The SMILES string of the molecule is CCCCC1(CCCC)C(=O)NC(=O)N2CN(c3ccc(Cl)cc3)CN=C21. The zero-order chi connectivity index (χ0) is 19.4. The molecular formula is C20H27ClN4O2. The number of nitrogens with one attached hydrogen (secondary N) is 1. The Kier molecular flexibility index (Phi) is 6.05. The summed E-state index contributed by atoms with van der Waals surface area (Å²) in [5.41, 5.74) is 0.242. The number of amides is 3. The van der Waals surface area contributed by atoms with Gasteiger partial charge < -0.3 is 4.90 Å². The molecular weight excluding hydrogens is 364 g/mol. The average molecular weight is 391 g/mol. The van der Waals surface area contributed by atoms with E-state index in [4.69, 9.17) is 16.6 Å². The number of hydrogen-bond donors (Lipinski definition) is 1. The van der Waals surface area contributed by atoms with Gasteiger partial charge >= 0.3 is 6.03 Å². The molecule has 6 nitrogen and oxygen atoms in total. The molecule has 0 aliphatic carbocycles. The Bertz CT molecular complexity index is 724. The zero-order valence-corrected chi connectivity index (χ0v) is 16.8. The van der Waals surface area contributed by atoms with E-state index in [1.807, 2.05) is 29.2 Å². The van der Waals surface area contributed by atoms with Crippen LogP contribution < -0.4 is 10.2 Å². The van der Waals surface area contributed by atoms with E-state index in [1.54, 1.807) is 4.90 Å². The van der Waals surface area contributed by atoms with Crippen molar-refractivity contribution in [3.63, 3.8) is 0 Å². The van der Waals surface area contributed by atoms with Gasteiger partial charge in [-0.1, -0.05) is 51.1 Å². The van der Waals surface area contributed by atoms with Gasteiger partial charge in [0.25, 0.3) is 0 Å². The van der Waals surface area contributed by atoms with Crippen molar-refractivity contribution in [1.29, 1.82) is 0 Å². The zero-order valence-electron chi connectivity index (χ0n) is 16.0. The molecule has 27 heavy (non-hydrogen) atoms. The number of nitrogens with zero attached hydrogens (tertiary/aromatic N) is 3. The van der Waals surface area contributed by atoms with E-state index >= 15 is 0 Å². The van der Waals surface area contributed by atoms with Crippen molar-refractivity contribution < 1.29 is 9.59 Å². The van der Waals surface area contributed by atoms with Crippen molar-refractivity contribution in [2.24, 2.45) is 10.4 Å². The van der Waals surface area contributed by atoms with Gasteiger partial charge in [-0.2, -0.15) is 0 Å². The molecule has 2 aliphatic heterocycles. The number of halogens is 1. The molecule has 1 aromatic carbocycles. The van der Waals surface area contributed by atoms with Crippen LogP contribution in [0, 0.1) is 5.41 Å². The van der Waals surface area contributed by atoms with Crippen molar-refractivity contribution >= 4 is 35.1 Å². The maximum atomic E-state index is 12.9. The number of benzene rings is 1. The summed E-state index contributed by atoms with van der Waals surface area (Å²) >= 11 is 5.98. The summed E-state index contributed by atoms with van der Waals surface area (Å²) in [6.45, 7) is 5.03. The summed E-state index contributed by atoms with van der Waals surface area (Å²) in [6.07, 6.45) is 5.30. The summed E-state index contributed by atoms with van der Waals surface area (Å²) < 4.78 is 0. The van der Waals surface area contributed by atoms with Crippen LogP contribution in [-0.2, 0) is 4.79 Å². The number of rotatable bonds is 7. The number of urea groups is 1. The molecule has 0 radical (unpaired) electrons. The van der Waals surface area contributed by atoms with Gasteiger partial charge in [0.15, 0.2) is 0 Å². The molecule has 0 saturated carbocycles. The lowest BCUT2D eigenvalue weighted by Crippen LogP contribution is -2.67. The lowest BCUT2D eigenvalue weighted by molar-refractivity contribution is -0.128. The Hall–Kier alpha value is -2.08. The number of carbonyl (C=O) groups is 2. The minimum absolute atomic E-state index is 0.190. The highest BCUT2D eigenvalue weighted by Crippen LogP contribution is 2.38. The molecule has 0 spiro atoms. The molecule has 2 aliphatic rings. The van der Waals surface area contributed by atoms with E-state index < -0.39 is 5.41 Å². The van der Waals surface area contributed by atoms with Crippen LogP contribution in [0.15, 0.2) is 29.3 Å². The molecule has 146 valence electrons. The van der Waals surface area contributed by atoms with E-state index in [1.165, 1.54) is 0 Å². The summed E-state index contributed by atoms with van der Waals surface area (Å²) in [7, 11) is 0. The van der Waals surface area contributed by atoms with E-state index in [0.717, 1.165) is 44.2 Å². The highest BCUT2D eigenvalue weighted by Gasteiger charge is 2.51.